The zero-order chi connectivity index (χ0) is 12.3. The summed E-state index contributed by atoms with van der Waals surface area (Å²) in [5.41, 5.74) is -2.20. The van der Waals surface area contributed by atoms with Gasteiger partial charge in [-0.3, -0.25) is 4.79 Å². The molecule has 16 heavy (non-hydrogen) atoms. The standard InChI is InChI=1S/C12H20O4/c1-6-7(5-13)8-4-9(14)11(6,2)10(15)12(8,3)16/h6-8,10,13,15-16H,4-5H2,1-3H3/t6-,7-,8-,10+,11-,12+/m1/s1. The molecule has 3 aliphatic rings. The van der Waals surface area contributed by atoms with Crippen molar-refractivity contribution >= 4 is 5.78 Å². The number of aliphatic hydroxyl groups excluding tert-OH is 2. The zero-order valence-corrected chi connectivity index (χ0v) is 9.97. The fraction of sp³-hybridized carbons (Fsp3) is 0.917. The summed E-state index contributed by atoms with van der Waals surface area (Å²) < 4.78 is 0. The van der Waals surface area contributed by atoms with Gasteiger partial charge in [0.1, 0.15) is 5.78 Å². The molecule has 0 aromatic heterocycles. The van der Waals surface area contributed by atoms with Crippen LogP contribution in [0.15, 0.2) is 0 Å². The lowest BCUT2D eigenvalue weighted by Gasteiger charge is -2.61. The minimum absolute atomic E-state index is 0.00808. The van der Waals surface area contributed by atoms with Crippen molar-refractivity contribution in [2.45, 2.75) is 38.9 Å². The molecule has 4 heteroatoms. The first-order chi connectivity index (χ1) is 7.27. The Bertz CT molecular complexity index is 325. The number of rotatable bonds is 1. The molecule has 0 amide bonds. The van der Waals surface area contributed by atoms with E-state index in [0.717, 1.165) is 0 Å². The van der Waals surface area contributed by atoms with Crippen LogP contribution in [0.2, 0.25) is 0 Å². The molecular formula is C12H20O4. The van der Waals surface area contributed by atoms with Crippen LogP contribution in [0.25, 0.3) is 0 Å². The molecule has 3 rings (SSSR count). The predicted octanol–water partition coefficient (Wildman–Crippen LogP) is -0.0482. The highest BCUT2D eigenvalue weighted by Gasteiger charge is 2.67. The summed E-state index contributed by atoms with van der Waals surface area (Å²) in [6, 6.07) is 0. The first-order valence-electron chi connectivity index (χ1n) is 5.82. The Kier molecular flexibility index (Phi) is 2.46. The lowest BCUT2D eigenvalue weighted by atomic mass is 9.45. The molecule has 0 spiro atoms. The summed E-state index contributed by atoms with van der Waals surface area (Å²) in [5.74, 6) is -0.536. The quantitative estimate of drug-likeness (QED) is 0.588. The van der Waals surface area contributed by atoms with Gasteiger partial charge in [-0.1, -0.05) is 6.92 Å². The van der Waals surface area contributed by atoms with Crippen molar-refractivity contribution in [2.75, 3.05) is 6.61 Å². The molecule has 0 aromatic carbocycles. The minimum atomic E-state index is -1.28. The average Bonchev–Trinajstić information content (AvgIpc) is 2.22. The third kappa shape index (κ3) is 1.13. The maximum Gasteiger partial charge on any atom is 0.142 e. The monoisotopic (exact) mass is 228 g/mol. The highest BCUT2D eigenvalue weighted by molar-refractivity contribution is 5.88. The highest BCUT2D eigenvalue weighted by atomic mass is 16.3. The summed E-state index contributed by atoms with van der Waals surface area (Å²) >= 11 is 0. The Morgan fingerprint density at radius 1 is 1.44 bits per heavy atom. The van der Waals surface area contributed by atoms with Crippen LogP contribution in [0.3, 0.4) is 0 Å². The summed E-state index contributed by atoms with van der Waals surface area (Å²) in [6.45, 7) is 5.11. The van der Waals surface area contributed by atoms with Crippen molar-refractivity contribution in [3.63, 3.8) is 0 Å². The Hall–Kier alpha value is -0.450. The lowest BCUT2D eigenvalue weighted by Crippen LogP contribution is -2.71. The van der Waals surface area contributed by atoms with Gasteiger partial charge in [-0.15, -0.1) is 0 Å². The molecule has 92 valence electrons. The van der Waals surface area contributed by atoms with Gasteiger partial charge in [-0.05, 0) is 25.7 Å². The first kappa shape index (κ1) is 12.0. The fourth-order valence-electron chi connectivity index (χ4n) is 3.75. The van der Waals surface area contributed by atoms with Crippen LogP contribution >= 0.6 is 0 Å². The van der Waals surface area contributed by atoms with E-state index < -0.39 is 17.1 Å². The summed E-state index contributed by atoms with van der Waals surface area (Å²) in [7, 11) is 0. The zero-order valence-electron chi connectivity index (χ0n) is 9.97. The van der Waals surface area contributed by atoms with Crippen LogP contribution in [0.1, 0.15) is 27.2 Å². The largest absolute Gasteiger partial charge is 0.396 e. The summed E-state index contributed by atoms with van der Waals surface area (Å²) in [5, 5.41) is 29.9. The molecule has 3 saturated carbocycles. The SMILES string of the molecule is C[C@@H]1[C@@H](CO)[C@H]2CC(=O)[C@]1(C)[C@H](O)[C@@]2(C)O. The number of hydrogen-bond donors (Lipinski definition) is 3. The van der Waals surface area contributed by atoms with Crippen LogP contribution in [0, 0.1) is 23.2 Å². The third-order valence-corrected chi connectivity index (χ3v) is 5.19. The summed E-state index contributed by atoms with van der Waals surface area (Å²) in [6.07, 6.45) is -0.778. The summed E-state index contributed by atoms with van der Waals surface area (Å²) in [4.78, 5) is 12.0. The molecule has 3 fully saturated rings. The Labute approximate surface area is 95.3 Å². The Morgan fingerprint density at radius 2 is 2.00 bits per heavy atom. The van der Waals surface area contributed by atoms with Gasteiger partial charge in [0.25, 0.3) is 0 Å². The van der Waals surface area contributed by atoms with Crippen molar-refractivity contribution in [2.24, 2.45) is 23.2 Å². The number of aliphatic hydroxyl groups is 3. The van der Waals surface area contributed by atoms with E-state index in [-0.39, 0.29) is 36.6 Å². The van der Waals surface area contributed by atoms with E-state index in [9.17, 15) is 20.1 Å². The number of carbonyl (C=O) groups is 1. The highest BCUT2D eigenvalue weighted by Crippen LogP contribution is 2.58. The molecule has 0 heterocycles. The number of fused-ring (bicyclic) bond motifs is 3. The second-order valence-electron chi connectivity index (χ2n) is 5.78. The maximum absolute atomic E-state index is 12.0. The van der Waals surface area contributed by atoms with Gasteiger partial charge in [-0.25, -0.2) is 0 Å². The van der Waals surface area contributed by atoms with E-state index in [0.29, 0.717) is 0 Å². The van der Waals surface area contributed by atoms with E-state index in [1.54, 1.807) is 13.8 Å². The van der Waals surface area contributed by atoms with Gasteiger partial charge >= 0.3 is 0 Å². The van der Waals surface area contributed by atoms with Gasteiger partial charge in [0.05, 0.1) is 17.1 Å². The minimum Gasteiger partial charge on any atom is -0.396 e. The first-order valence-corrected chi connectivity index (χ1v) is 5.82. The molecule has 6 atom stereocenters. The van der Waals surface area contributed by atoms with Gasteiger partial charge < -0.3 is 15.3 Å². The van der Waals surface area contributed by atoms with Crippen LogP contribution in [0.4, 0.5) is 0 Å². The normalized spacial score (nSPS) is 56.8. The van der Waals surface area contributed by atoms with Gasteiger partial charge in [0.15, 0.2) is 0 Å². The molecular weight excluding hydrogens is 208 g/mol. The van der Waals surface area contributed by atoms with E-state index in [1.165, 1.54) is 0 Å². The van der Waals surface area contributed by atoms with Crippen LogP contribution in [-0.2, 0) is 4.79 Å². The number of hydrogen-bond acceptors (Lipinski definition) is 4. The second-order valence-corrected chi connectivity index (χ2v) is 5.78. The van der Waals surface area contributed by atoms with E-state index in [1.807, 2.05) is 6.92 Å². The van der Waals surface area contributed by atoms with Crippen molar-refractivity contribution < 1.29 is 20.1 Å². The smallest absolute Gasteiger partial charge is 0.142 e. The molecule has 0 aliphatic heterocycles. The molecule has 0 radical (unpaired) electrons. The molecule has 0 saturated heterocycles. The van der Waals surface area contributed by atoms with Crippen molar-refractivity contribution in [3.05, 3.63) is 0 Å². The molecule has 3 N–H and O–H groups in total. The number of ketones is 1. The van der Waals surface area contributed by atoms with E-state index in [4.69, 9.17) is 0 Å². The molecule has 2 bridgehead atoms. The molecule has 3 aliphatic carbocycles. The molecule has 0 aromatic rings. The lowest BCUT2D eigenvalue weighted by molar-refractivity contribution is -0.243. The Morgan fingerprint density at radius 3 is 2.50 bits per heavy atom. The van der Waals surface area contributed by atoms with Crippen LogP contribution in [-0.4, -0.2) is 39.4 Å². The average molecular weight is 228 g/mol. The van der Waals surface area contributed by atoms with Gasteiger partial charge in [-0.2, -0.15) is 0 Å². The third-order valence-electron chi connectivity index (χ3n) is 5.19. The number of carbonyl (C=O) groups excluding carboxylic acids is 1. The van der Waals surface area contributed by atoms with Crippen LogP contribution < -0.4 is 0 Å². The van der Waals surface area contributed by atoms with E-state index in [2.05, 4.69) is 0 Å². The predicted molar refractivity (Wildman–Crippen MR) is 57.6 cm³/mol. The maximum atomic E-state index is 12.0. The van der Waals surface area contributed by atoms with Crippen molar-refractivity contribution in [1.29, 1.82) is 0 Å². The van der Waals surface area contributed by atoms with Gasteiger partial charge in [0, 0.05) is 18.9 Å². The topological polar surface area (TPSA) is 77.8 Å². The molecule has 0 unspecified atom stereocenters. The van der Waals surface area contributed by atoms with E-state index >= 15 is 0 Å². The van der Waals surface area contributed by atoms with Crippen LogP contribution in [0.5, 0.6) is 0 Å². The fourth-order valence-corrected chi connectivity index (χ4v) is 3.75. The number of Topliss-reactive ketones (excluding diaryl/α,β-unsaturated/α-hetero) is 1. The second kappa shape index (κ2) is 3.28. The van der Waals surface area contributed by atoms with Gasteiger partial charge in [0.2, 0.25) is 0 Å². The Balaban J connectivity index is 2.51. The molecule has 4 nitrogen and oxygen atoms in total. The van der Waals surface area contributed by atoms with Crippen molar-refractivity contribution in [3.8, 4) is 0 Å². The van der Waals surface area contributed by atoms with Crippen molar-refractivity contribution in [1.82, 2.24) is 0 Å².